The van der Waals surface area contributed by atoms with Gasteiger partial charge in [0.1, 0.15) is 0 Å². The van der Waals surface area contributed by atoms with Gasteiger partial charge in [0.2, 0.25) is 0 Å². The van der Waals surface area contributed by atoms with Gasteiger partial charge in [0.05, 0.1) is 10.9 Å². The number of hydrogen-bond donors (Lipinski definition) is 1. The first-order valence-corrected chi connectivity index (χ1v) is 10.3. The Kier molecular flexibility index (Phi) is 5.19. The number of benzene rings is 2. The second-order valence-corrected chi connectivity index (χ2v) is 8.62. The van der Waals surface area contributed by atoms with E-state index in [-0.39, 0.29) is 10.9 Å². The van der Waals surface area contributed by atoms with Crippen molar-refractivity contribution in [1.82, 2.24) is 4.90 Å². The van der Waals surface area contributed by atoms with E-state index in [1.54, 1.807) is 0 Å². The molecule has 26 heavy (non-hydrogen) atoms. The van der Waals surface area contributed by atoms with Crippen LogP contribution in [-0.2, 0) is 0 Å². The van der Waals surface area contributed by atoms with E-state index in [4.69, 9.17) is 23.8 Å². The summed E-state index contributed by atoms with van der Waals surface area (Å²) in [7, 11) is 0. The van der Waals surface area contributed by atoms with Crippen molar-refractivity contribution in [2.75, 3.05) is 11.9 Å². The Hall–Kier alpha value is -1.58. The maximum absolute atomic E-state index is 7.16. The first-order chi connectivity index (χ1) is 12.7. The quantitative estimate of drug-likeness (QED) is 0.505. The summed E-state index contributed by atoms with van der Waals surface area (Å²) >= 11 is 13.0. The molecular weight excluding hydrogens is 360 g/mol. The van der Waals surface area contributed by atoms with Gasteiger partial charge < -0.3 is 10.2 Å². The van der Waals surface area contributed by atoms with Crippen molar-refractivity contribution in [2.45, 2.75) is 43.0 Å². The molecule has 2 aliphatic rings. The Morgan fingerprint density at radius 3 is 2.42 bits per heavy atom. The van der Waals surface area contributed by atoms with Crippen LogP contribution in [0.2, 0.25) is 0 Å². The van der Waals surface area contributed by atoms with Crippen LogP contribution < -0.4 is 5.32 Å². The Morgan fingerprint density at radius 1 is 1.00 bits per heavy atom. The summed E-state index contributed by atoms with van der Waals surface area (Å²) in [6, 6.07) is 21.2. The number of nitrogens with one attached hydrogen (secondary N) is 1. The van der Waals surface area contributed by atoms with Crippen LogP contribution in [-0.4, -0.2) is 21.4 Å². The number of hydrogen-bond acceptors (Lipinski definition) is 1. The lowest BCUT2D eigenvalue weighted by Gasteiger charge is -2.53. The third kappa shape index (κ3) is 3.47. The molecule has 3 unspecified atom stereocenters. The number of fused-ring (bicyclic) bond motifs is 1. The molecular formula is C22H25ClN2S. The fourth-order valence-corrected chi connectivity index (χ4v) is 5.42. The molecule has 1 N–H and O–H groups in total. The molecule has 0 spiro atoms. The van der Waals surface area contributed by atoms with Gasteiger partial charge in [-0.15, -0.1) is 11.6 Å². The largest absolute Gasteiger partial charge is 0.342 e. The molecule has 2 aromatic carbocycles. The molecule has 4 heteroatoms. The van der Waals surface area contributed by atoms with Crippen LogP contribution in [0.5, 0.6) is 0 Å². The van der Waals surface area contributed by atoms with Crippen molar-refractivity contribution in [3.05, 3.63) is 66.2 Å². The van der Waals surface area contributed by atoms with Crippen molar-refractivity contribution in [2.24, 2.45) is 5.92 Å². The number of nitrogens with zero attached hydrogens (tertiary/aromatic N) is 1. The van der Waals surface area contributed by atoms with E-state index in [1.165, 1.54) is 24.8 Å². The summed E-state index contributed by atoms with van der Waals surface area (Å²) in [6.07, 6.45) is 5.80. The number of para-hydroxylation sites is 1. The van der Waals surface area contributed by atoms with E-state index >= 15 is 0 Å². The third-order valence-corrected chi connectivity index (χ3v) is 6.93. The molecule has 2 fully saturated rings. The number of thiocarbonyl (C=S) groups is 1. The molecule has 4 rings (SSSR count). The normalized spacial score (nSPS) is 28.3. The predicted molar refractivity (Wildman–Crippen MR) is 114 cm³/mol. The molecule has 136 valence electrons. The number of rotatable bonds is 2. The summed E-state index contributed by atoms with van der Waals surface area (Å²) in [5.41, 5.74) is 2.36. The smallest absolute Gasteiger partial charge is 0.173 e. The van der Waals surface area contributed by atoms with E-state index in [9.17, 15) is 0 Å². The monoisotopic (exact) mass is 384 g/mol. The Morgan fingerprint density at radius 2 is 1.69 bits per heavy atom. The van der Waals surface area contributed by atoms with Gasteiger partial charge in [0, 0.05) is 18.2 Å². The lowest BCUT2D eigenvalue weighted by Crippen LogP contribution is -2.54. The topological polar surface area (TPSA) is 15.3 Å². The van der Waals surface area contributed by atoms with Gasteiger partial charge in [-0.3, -0.25) is 0 Å². The van der Waals surface area contributed by atoms with Crippen LogP contribution in [0.1, 0.15) is 43.7 Å². The molecule has 3 atom stereocenters. The SMILES string of the molecule is S=C(Nc1ccccc1)N1CCC2(Cl)CCCCC2C1c1ccccc1. The molecule has 0 radical (unpaired) electrons. The van der Waals surface area contributed by atoms with Gasteiger partial charge in [-0.05, 0) is 49.2 Å². The number of alkyl halides is 1. The van der Waals surface area contributed by atoms with Crippen molar-refractivity contribution in [3.8, 4) is 0 Å². The van der Waals surface area contributed by atoms with Crippen LogP contribution in [0, 0.1) is 5.92 Å². The van der Waals surface area contributed by atoms with E-state index in [0.29, 0.717) is 5.92 Å². The average Bonchev–Trinajstić information content (AvgIpc) is 2.68. The van der Waals surface area contributed by atoms with Crippen molar-refractivity contribution in [3.63, 3.8) is 0 Å². The first-order valence-electron chi connectivity index (χ1n) is 9.54. The minimum atomic E-state index is -0.0857. The van der Waals surface area contributed by atoms with E-state index < -0.39 is 0 Å². The Balaban J connectivity index is 1.65. The van der Waals surface area contributed by atoms with Gasteiger partial charge in [-0.2, -0.15) is 0 Å². The second-order valence-electron chi connectivity index (χ2n) is 7.48. The van der Waals surface area contributed by atoms with Crippen LogP contribution in [0.3, 0.4) is 0 Å². The highest BCUT2D eigenvalue weighted by Gasteiger charge is 2.49. The van der Waals surface area contributed by atoms with Crippen molar-refractivity contribution >= 4 is 34.6 Å². The summed E-state index contributed by atoms with van der Waals surface area (Å²) in [4.78, 5) is 2.28. The minimum Gasteiger partial charge on any atom is -0.342 e. The van der Waals surface area contributed by atoms with Crippen LogP contribution in [0.25, 0.3) is 0 Å². The fourth-order valence-electron chi connectivity index (χ4n) is 4.65. The Bertz CT molecular complexity index is 751. The number of likely N-dealkylation sites (tertiary alicyclic amines) is 1. The van der Waals surface area contributed by atoms with Crippen molar-refractivity contribution < 1.29 is 0 Å². The summed E-state index contributed by atoms with van der Waals surface area (Å²) < 4.78 is 0. The highest BCUT2D eigenvalue weighted by molar-refractivity contribution is 7.80. The first kappa shape index (κ1) is 17.8. The zero-order valence-electron chi connectivity index (χ0n) is 14.9. The van der Waals surface area contributed by atoms with Crippen LogP contribution >= 0.6 is 23.8 Å². The van der Waals surface area contributed by atoms with Crippen LogP contribution in [0.4, 0.5) is 5.69 Å². The highest BCUT2D eigenvalue weighted by Crippen LogP contribution is 2.52. The van der Waals surface area contributed by atoms with Gasteiger partial charge in [-0.25, -0.2) is 0 Å². The summed E-state index contributed by atoms with van der Waals surface area (Å²) in [6.45, 7) is 0.901. The molecule has 0 bridgehead atoms. The molecule has 0 aromatic heterocycles. The maximum Gasteiger partial charge on any atom is 0.173 e. The van der Waals surface area contributed by atoms with Gasteiger partial charge in [0.25, 0.3) is 0 Å². The molecule has 0 amide bonds. The number of halogens is 1. The zero-order valence-corrected chi connectivity index (χ0v) is 16.5. The number of anilines is 1. The van der Waals surface area contributed by atoms with Crippen LogP contribution in [0.15, 0.2) is 60.7 Å². The second kappa shape index (κ2) is 7.58. The average molecular weight is 385 g/mol. The molecule has 1 aliphatic carbocycles. The van der Waals surface area contributed by atoms with Gasteiger partial charge in [-0.1, -0.05) is 61.4 Å². The van der Waals surface area contributed by atoms with Gasteiger partial charge >= 0.3 is 0 Å². The minimum absolute atomic E-state index is 0.0857. The highest BCUT2D eigenvalue weighted by atomic mass is 35.5. The fraction of sp³-hybridized carbons (Fsp3) is 0.409. The van der Waals surface area contributed by atoms with Gasteiger partial charge in [0.15, 0.2) is 5.11 Å². The molecule has 1 saturated carbocycles. The molecule has 1 saturated heterocycles. The third-order valence-electron chi connectivity index (χ3n) is 5.93. The lowest BCUT2D eigenvalue weighted by atomic mass is 9.68. The Labute approximate surface area is 166 Å². The van der Waals surface area contributed by atoms with E-state index in [2.05, 4.69) is 52.7 Å². The molecule has 1 heterocycles. The van der Waals surface area contributed by atoms with E-state index in [0.717, 1.165) is 30.2 Å². The van der Waals surface area contributed by atoms with Crippen molar-refractivity contribution in [1.29, 1.82) is 0 Å². The summed E-state index contributed by atoms with van der Waals surface area (Å²) in [5, 5.41) is 4.23. The zero-order chi connectivity index (χ0) is 18.0. The number of piperidine rings is 1. The molecule has 2 nitrogen and oxygen atoms in total. The van der Waals surface area contributed by atoms with E-state index in [1.807, 2.05) is 18.2 Å². The summed E-state index contributed by atoms with van der Waals surface area (Å²) in [5.74, 6) is 0.435. The molecule has 1 aliphatic heterocycles. The standard InChI is InChI=1S/C22H25ClN2S/c23-22-14-8-7-13-19(22)20(17-9-3-1-4-10-17)25(16-15-22)21(26)24-18-11-5-2-6-12-18/h1-6,9-12,19-20H,7-8,13-16H2,(H,24,26). The predicted octanol–water partition coefficient (Wildman–Crippen LogP) is 6.00. The molecule has 2 aromatic rings. The maximum atomic E-state index is 7.16. The lowest BCUT2D eigenvalue weighted by molar-refractivity contribution is 0.0867.